The number of benzene rings is 2. The molecule has 0 fully saturated rings. The van der Waals surface area contributed by atoms with Crippen LogP contribution in [0.1, 0.15) is 5.56 Å². The molecule has 0 aliphatic carbocycles. The molecular weight excluding hydrogens is 407 g/mol. The highest BCUT2D eigenvalue weighted by molar-refractivity contribution is 7.99. The first-order valence-electron chi connectivity index (χ1n) is 8.32. The molecule has 1 aromatic heterocycles. The molecule has 0 radical (unpaired) electrons. The van der Waals surface area contributed by atoms with Crippen molar-refractivity contribution in [3.8, 4) is 17.1 Å². The molecule has 152 valence electrons. The van der Waals surface area contributed by atoms with Gasteiger partial charge in [-0.2, -0.15) is 0 Å². The summed E-state index contributed by atoms with van der Waals surface area (Å²) in [7, 11) is 0. The molecule has 1 heterocycles. The second kappa shape index (κ2) is 8.86. The first-order valence-corrected chi connectivity index (χ1v) is 9.31. The molecule has 0 spiro atoms. The van der Waals surface area contributed by atoms with Crippen molar-refractivity contribution >= 4 is 17.7 Å². The van der Waals surface area contributed by atoms with E-state index in [0.29, 0.717) is 11.0 Å². The fraction of sp³-hybridized carbons (Fsp3) is 0.167. The van der Waals surface area contributed by atoms with Gasteiger partial charge in [0.1, 0.15) is 5.75 Å². The van der Waals surface area contributed by atoms with Crippen LogP contribution in [-0.2, 0) is 11.3 Å². The topological polar surface area (TPSA) is 95.1 Å². The standard InChI is InChI=1S/C18H16F3N5O2S/c19-18(20,21)28-14-9-5-4-8-13(14)10-23-15(27)11-29-17-25-24-16(26(17)22)12-6-2-1-3-7-12/h1-9H,10-11,22H2,(H,23,27). The third kappa shape index (κ3) is 5.64. The van der Waals surface area contributed by atoms with Gasteiger partial charge < -0.3 is 15.9 Å². The molecular formula is C18H16F3N5O2S. The predicted octanol–water partition coefficient (Wildman–Crippen LogP) is 2.97. The first-order chi connectivity index (χ1) is 13.8. The average molecular weight is 423 g/mol. The Hall–Kier alpha value is -3.21. The van der Waals surface area contributed by atoms with Crippen LogP contribution in [0, 0.1) is 0 Å². The van der Waals surface area contributed by atoms with E-state index in [0.717, 1.165) is 17.3 Å². The zero-order valence-electron chi connectivity index (χ0n) is 14.9. The number of nitrogen functional groups attached to an aromatic ring is 1. The number of hydrogen-bond acceptors (Lipinski definition) is 6. The number of alkyl halides is 3. The lowest BCUT2D eigenvalue weighted by Crippen LogP contribution is -2.26. The van der Waals surface area contributed by atoms with Gasteiger partial charge in [0.2, 0.25) is 11.1 Å². The van der Waals surface area contributed by atoms with Gasteiger partial charge in [-0.15, -0.1) is 23.4 Å². The van der Waals surface area contributed by atoms with Crippen molar-refractivity contribution in [1.29, 1.82) is 0 Å². The number of nitrogens with zero attached hydrogens (tertiary/aromatic N) is 3. The molecule has 0 atom stereocenters. The Bertz CT molecular complexity index is 979. The SMILES string of the molecule is Nn1c(SCC(=O)NCc2ccccc2OC(F)(F)F)nnc1-c1ccccc1. The molecule has 7 nitrogen and oxygen atoms in total. The van der Waals surface area contributed by atoms with Crippen LogP contribution in [0.25, 0.3) is 11.4 Å². The number of nitrogens with two attached hydrogens (primary N) is 1. The van der Waals surface area contributed by atoms with Crippen molar-refractivity contribution in [3.63, 3.8) is 0 Å². The number of ether oxygens (including phenoxy) is 1. The second-order valence-corrected chi connectivity index (χ2v) is 6.71. The van der Waals surface area contributed by atoms with Crippen LogP contribution in [0.15, 0.2) is 59.8 Å². The zero-order chi connectivity index (χ0) is 20.9. The van der Waals surface area contributed by atoms with Crippen molar-refractivity contribution in [1.82, 2.24) is 20.2 Å². The van der Waals surface area contributed by atoms with Crippen molar-refractivity contribution in [3.05, 3.63) is 60.2 Å². The largest absolute Gasteiger partial charge is 0.573 e. The van der Waals surface area contributed by atoms with E-state index in [1.165, 1.54) is 22.9 Å². The summed E-state index contributed by atoms with van der Waals surface area (Å²) in [6, 6.07) is 14.8. The fourth-order valence-corrected chi connectivity index (χ4v) is 3.09. The molecule has 1 amide bonds. The van der Waals surface area contributed by atoms with Crippen LogP contribution >= 0.6 is 11.8 Å². The average Bonchev–Trinajstić information content (AvgIpc) is 3.05. The number of nitrogens with one attached hydrogen (secondary N) is 1. The molecule has 0 aliphatic rings. The van der Waals surface area contributed by atoms with E-state index in [4.69, 9.17) is 5.84 Å². The minimum absolute atomic E-state index is 0.0353. The number of aromatic nitrogens is 3. The monoisotopic (exact) mass is 423 g/mol. The number of para-hydroxylation sites is 1. The van der Waals surface area contributed by atoms with Crippen molar-refractivity contribution < 1.29 is 22.7 Å². The number of carbonyl (C=O) groups is 1. The lowest BCUT2D eigenvalue weighted by Gasteiger charge is -2.13. The maximum absolute atomic E-state index is 12.5. The normalized spacial score (nSPS) is 11.3. The van der Waals surface area contributed by atoms with Crippen LogP contribution < -0.4 is 15.9 Å². The van der Waals surface area contributed by atoms with Gasteiger partial charge in [-0.3, -0.25) is 4.79 Å². The Labute approximate surface area is 168 Å². The van der Waals surface area contributed by atoms with Gasteiger partial charge in [-0.1, -0.05) is 60.3 Å². The highest BCUT2D eigenvalue weighted by Crippen LogP contribution is 2.26. The predicted molar refractivity (Wildman–Crippen MR) is 101 cm³/mol. The Morgan fingerprint density at radius 1 is 1.10 bits per heavy atom. The van der Waals surface area contributed by atoms with Crippen LogP contribution in [0.2, 0.25) is 0 Å². The number of amides is 1. The molecule has 0 saturated carbocycles. The molecule has 2 aromatic carbocycles. The fourth-order valence-electron chi connectivity index (χ4n) is 2.41. The number of hydrogen-bond donors (Lipinski definition) is 2. The van der Waals surface area contributed by atoms with Gasteiger partial charge in [-0.05, 0) is 6.07 Å². The maximum atomic E-state index is 12.5. The summed E-state index contributed by atoms with van der Waals surface area (Å²) in [5.41, 5.74) is 0.983. The number of halogens is 3. The van der Waals surface area contributed by atoms with Crippen molar-refractivity contribution in [2.45, 2.75) is 18.1 Å². The molecule has 3 N–H and O–H groups in total. The summed E-state index contributed by atoms with van der Waals surface area (Å²) < 4.78 is 42.6. The van der Waals surface area contributed by atoms with Gasteiger partial charge >= 0.3 is 6.36 Å². The lowest BCUT2D eigenvalue weighted by molar-refractivity contribution is -0.274. The summed E-state index contributed by atoms with van der Waals surface area (Å²) in [4.78, 5) is 12.1. The number of thioether (sulfide) groups is 1. The van der Waals surface area contributed by atoms with E-state index in [-0.39, 0.29) is 23.6 Å². The zero-order valence-corrected chi connectivity index (χ0v) is 15.7. The third-order valence-electron chi connectivity index (χ3n) is 3.70. The van der Waals surface area contributed by atoms with Gasteiger partial charge in [0.25, 0.3) is 0 Å². The molecule has 0 bridgehead atoms. The Morgan fingerprint density at radius 2 is 1.79 bits per heavy atom. The summed E-state index contributed by atoms with van der Waals surface area (Å²) in [6.07, 6.45) is -4.81. The maximum Gasteiger partial charge on any atom is 0.573 e. The van der Waals surface area contributed by atoms with Gasteiger partial charge in [0.15, 0.2) is 5.82 Å². The first kappa shape index (κ1) is 20.5. The third-order valence-corrected chi connectivity index (χ3v) is 4.65. The number of rotatable bonds is 7. The van der Waals surface area contributed by atoms with E-state index >= 15 is 0 Å². The summed E-state index contributed by atoms with van der Waals surface area (Å²) in [5.74, 6) is 5.64. The quantitative estimate of drug-likeness (QED) is 0.448. The lowest BCUT2D eigenvalue weighted by atomic mass is 10.2. The van der Waals surface area contributed by atoms with Crippen molar-refractivity contribution in [2.24, 2.45) is 0 Å². The minimum atomic E-state index is -4.81. The highest BCUT2D eigenvalue weighted by atomic mass is 32.2. The van der Waals surface area contributed by atoms with E-state index in [9.17, 15) is 18.0 Å². The molecule has 11 heteroatoms. The van der Waals surface area contributed by atoms with Crippen LogP contribution in [0.4, 0.5) is 13.2 Å². The summed E-state index contributed by atoms with van der Waals surface area (Å²) in [6.45, 7) is -0.115. The summed E-state index contributed by atoms with van der Waals surface area (Å²) in [5, 5.41) is 10.9. The molecule has 3 rings (SSSR count). The van der Waals surface area contributed by atoms with Gasteiger partial charge in [0, 0.05) is 17.7 Å². The van der Waals surface area contributed by atoms with E-state index < -0.39 is 12.3 Å². The number of carbonyl (C=O) groups excluding carboxylic acids is 1. The van der Waals surface area contributed by atoms with E-state index in [2.05, 4.69) is 20.3 Å². The van der Waals surface area contributed by atoms with Crippen LogP contribution in [-0.4, -0.2) is 32.9 Å². The minimum Gasteiger partial charge on any atom is -0.405 e. The molecule has 0 aliphatic heterocycles. The highest BCUT2D eigenvalue weighted by Gasteiger charge is 2.32. The van der Waals surface area contributed by atoms with Gasteiger partial charge in [-0.25, -0.2) is 4.68 Å². The van der Waals surface area contributed by atoms with E-state index in [1.54, 1.807) is 6.07 Å². The Morgan fingerprint density at radius 3 is 2.52 bits per heavy atom. The van der Waals surface area contributed by atoms with Crippen LogP contribution in [0.5, 0.6) is 5.75 Å². The second-order valence-electron chi connectivity index (χ2n) is 5.76. The Balaban J connectivity index is 1.56. The van der Waals surface area contributed by atoms with E-state index in [1.807, 2.05) is 30.3 Å². The Kier molecular flexibility index (Phi) is 6.27. The van der Waals surface area contributed by atoms with Crippen LogP contribution in [0.3, 0.4) is 0 Å². The molecule has 0 unspecified atom stereocenters. The molecule has 0 saturated heterocycles. The molecule has 3 aromatic rings. The van der Waals surface area contributed by atoms with Crippen molar-refractivity contribution in [2.75, 3.05) is 11.6 Å². The summed E-state index contributed by atoms with van der Waals surface area (Å²) >= 11 is 1.06. The smallest absolute Gasteiger partial charge is 0.405 e. The molecule has 29 heavy (non-hydrogen) atoms. The van der Waals surface area contributed by atoms with Gasteiger partial charge in [0.05, 0.1) is 5.75 Å².